The largest absolute Gasteiger partial charge is 0.336 e. The molecule has 1 amide bonds. The SMILES string of the molecule is CN(C)C1CCCN(C(=O)c2nc(NN)ccc2Cl)C1. The lowest BCUT2D eigenvalue weighted by Gasteiger charge is -2.36. The summed E-state index contributed by atoms with van der Waals surface area (Å²) in [5.41, 5.74) is 2.68. The van der Waals surface area contributed by atoms with Crippen LogP contribution in [0.2, 0.25) is 5.02 Å². The van der Waals surface area contributed by atoms with E-state index in [1.807, 2.05) is 19.0 Å². The average molecular weight is 298 g/mol. The molecule has 2 rings (SSSR count). The van der Waals surface area contributed by atoms with Gasteiger partial charge in [-0.1, -0.05) is 11.6 Å². The van der Waals surface area contributed by atoms with Gasteiger partial charge in [-0.2, -0.15) is 0 Å². The average Bonchev–Trinajstić information content (AvgIpc) is 2.47. The molecule has 1 aromatic heterocycles. The van der Waals surface area contributed by atoms with Crippen molar-refractivity contribution in [3.05, 3.63) is 22.8 Å². The van der Waals surface area contributed by atoms with Gasteiger partial charge in [-0.25, -0.2) is 10.8 Å². The zero-order chi connectivity index (χ0) is 14.7. The van der Waals surface area contributed by atoms with Crippen LogP contribution in [0.25, 0.3) is 0 Å². The third-order valence-electron chi connectivity index (χ3n) is 3.61. The van der Waals surface area contributed by atoms with Crippen molar-refractivity contribution in [3.8, 4) is 0 Å². The third-order valence-corrected chi connectivity index (χ3v) is 3.92. The second-order valence-electron chi connectivity index (χ2n) is 5.18. The van der Waals surface area contributed by atoms with E-state index in [2.05, 4.69) is 15.3 Å². The Morgan fingerprint density at radius 1 is 1.55 bits per heavy atom. The minimum absolute atomic E-state index is 0.140. The minimum atomic E-state index is -0.140. The number of nitrogens with zero attached hydrogens (tertiary/aromatic N) is 3. The number of nitrogen functional groups attached to an aromatic ring is 1. The number of aromatic nitrogens is 1. The van der Waals surface area contributed by atoms with Gasteiger partial charge in [0.2, 0.25) is 0 Å². The first-order valence-electron chi connectivity index (χ1n) is 6.61. The van der Waals surface area contributed by atoms with Gasteiger partial charge in [-0.05, 0) is 39.1 Å². The van der Waals surface area contributed by atoms with Crippen molar-refractivity contribution in [2.75, 3.05) is 32.6 Å². The van der Waals surface area contributed by atoms with Crippen molar-refractivity contribution < 1.29 is 4.79 Å². The van der Waals surface area contributed by atoms with E-state index in [0.29, 0.717) is 23.4 Å². The Bertz CT molecular complexity index is 494. The molecule has 7 heteroatoms. The number of piperidine rings is 1. The molecule has 1 saturated heterocycles. The van der Waals surface area contributed by atoms with Gasteiger partial charge in [-0.3, -0.25) is 4.79 Å². The maximum atomic E-state index is 12.5. The molecule has 20 heavy (non-hydrogen) atoms. The molecule has 0 saturated carbocycles. The molecule has 0 aromatic carbocycles. The van der Waals surface area contributed by atoms with Gasteiger partial charge in [0, 0.05) is 19.1 Å². The number of carbonyl (C=O) groups excluding carboxylic acids is 1. The molecule has 3 N–H and O–H groups in total. The number of nitrogens with one attached hydrogen (secondary N) is 1. The van der Waals surface area contributed by atoms with Crippen LogP contribution in [0.3, 0.4) is 0 Å². The van der Waals surface area contributed by atoms with E-state index in [1.165, 1.54) is 0 Å². The number of hydrazine groups is 1. The lowest BCUT2D eigenvalue weighted by Crippen LogP contribution is -2.47. The van der Waals surface area contributed by atoms with Gasteiger partial charge in [-0.15, -0.1) is 0 Å². The van der Waals surface area contributed by atoms with E-state index in [0.717, 1.165) is 19.4 Å². The summed E-state index contributed by atoms with van der Waals surface area (Å²) < 4.78 is 0. The first-order valence-corrected chi connectivity index (χ1v) is 6.99. The number of anilines is 1. The van der Waals surface area contributed by atoms with Crippen LogP contribution in [-0.2, 0) is 0 Å². The monoisotopic (exact) mass is 297 g/mol. The molecule has 110 valence electrons. The van der Waals surface area contributed by atoms with Crippen LogP contribution in [0.4, 0.5) is 5.82 Å². The topological polar surface area (TPSA) is 74.5 Å². The lowest BCUT2D eigenvalue weighted by molar-refractivity contribution is 0.0629. The third kappa shape index (κ3) is 3.20. The number of likely N-dealkylation sites (N-methyl/N-ethyl adjacent to an activating group) is 1. The summed E-state index contributed by atoms with van der Waals surface area (Å²) >= 11 is 6.08. The Kier molecular flexibility index (Phi) is 4.80. The van der Waals surface area contributed by atoms with Crippen LogP contribution in [-0.4, -0.2) is 53.9 Å². The number of pyridine rings is 1. The second-order valence-corrected chi connectivity index (χ2v) is 5.59. The van der Waals surface area contributed by atoms with E-state index >= 15 is 0 Å². The molecule has 1 aliphatic heterocycles. The van der Waals surface area contributed by atoms with Crippen molar-refractivity contribution in [2.45, 2.75) is 18.9 Å². The van der Waals surface area contributed by atoms with Gasteiger partial charge < -0.3 is 15.2 Å². The van der Waals surface area contributed by atoms with Gasteiger partial charge in [0.1, 0.15) is 11.5 Å². The van der Waals surface area contributed by atoms with Crippen LogP contribution in [0.15, 0.2) is 12.1 Å². The number of hydrogen-bond acceptors (Lipinski definition) is 5. The zero-order valence-electron chi connectivity index (χ0n) is 11.8. The summed E-state index contributed by atoms with van der Waals surface area (Å²) in [6, 6.07) is 3.64. The summed E-state index contributed by atoms with van der Waals surface area (Å²) in [6.45, 7) is 1.44. The minimum Gasteiger partial charge on any atom is -0.336 e. The van der Waals surface area contributed by atoms with Crippen molar-refractivity contribution in [1.29, 1.82) is 0 Å². The fourth-order valence-electron chi connectivity index (χ4n) is 2.38. The van der Waals surface area contributed by atoms with Crippen LogP contribution in [0, 0.1) is 0 Å². The van der Waals surface area contributed by atoms with Crippen LogP contribution in [0.5, 0.6) is 0 Å². The number of hydrogen-bond donors (Lipinski definition) is 2. The smallest absolute Gasteiger partial charge is 0.274 e. The number of amides is 1. The van der Waals surface area contributed by atoms with E-state index < -0.39 is 0 Å². The molecule has 6 nitrogen and oxygen atoms in total. The fraction of sp³-hybridized carbons (Fsp3) is 0.538. The predicted octanol–water partition coefficient (Wildman–Crippen LogP) is 1.19. The van der Waals surface area contributed by atoms with E-state index in [-0.39, 0.29) is 11.6 Å². The molecule has 0 bridgehead atoms. The van der Waals surface area contributed by atoms with Crippen LogP contribution in [0.1, 0.15) is 23.3 Å². The Balaban J connectivity index is 2.18. The fourth-order valence-corrected chi connectivity index (χ4v) is 2.57. The second kappa shape index (κ2) is 6.39. The highest BCUT2D eigenvalue weighted by Gasteiger charge is 2.27. The van der Waals surface area contributed by atoms with Gasteiger partial charge in [0.25, 0.3) is 5.91 Å². The first-order chi connectivity index (χ1) is 9.52. The molecule has 1 atom stereocenters. The van der Waals surface area contributed by atoms with E-state index in [9.17, 15) is 4.79 Å². The van der Waals surface area contributed by atoms with Crippen molar-refractivity contribution in [3.63, 3.8) is 0 Å². The molecule has 1 fully saturated rings. The normalized spacial score (nSPS) is 19.2. The Morgan fingerprint density at radius 2 is 2.30 bits per heavy atom. The van der Waals surface area contributed by atoms with Gasteiger partial charge >= 0.3 is 0 Å². The maximum absolute atomic E-state index is 12.5. The first kappa shape index (κ1) is 15.0. The van der Waals surface area contributed by atoms with Crippen molar-refractivity contribution in [2.24, 2.45) is 5.84 Å². The number of nitrogens with two attached hydrogens (primary N) is 1. The highest BCUT2D eigenvalue weighted by molar-refractivity contribution is 6.33. The van der Waals surface area contributed by atoms with Gasteiger partial charge in [0.15, 0.2) is 0 Å². The van der Waals surface area contributed by atoms with Crippen LogP contribution >= 0.6 is 11.6 Å². The summed E-state index contributed by atoms with van der Waals surface area (Å²) in [7, 11) is 4.06. The molecule has 1 aromatic rings. The maximum Gasteiger partial charge on any atom is 0.274 e. The Labute approximate surface area is 123 Å². The Morgan fingerprint density at radius 3 is 2.95 bits per heavy atom. The van der Waals surface area contributed by atoms with E-state index in [4.69, 9.17) is 17.4 Å². The number of rotatable bonds is 3. The number of likely N-dealkylation sites (tertiary alicyclic amines) is 1. The molecule has 0 aliphatic carbocycles. The lowest BCUT2D eigenvalue weighted by atomic mass is 10.0. The highest BCUT2D eigenvalue weighted by atomic mass is 35.5. The number of carbonyl (C=O) groups is 1. The zero-order valence-corrected chi connectivity index (χ0v) is 12.5. The predicted molar refractivity (Wildman–Crippen MR) is 79.7 cm³/mol. The summed E-state index contributed by atoms with van der Waals surface area (Å²) in [5.74, 6) is 5.61. The standard InChI is InChI=1S/C13H20ClN5O/c1-18(2)9-4-3-7-19(8-9)13(20)12-10(14)5-6-11(16-12)17-15/h5-6,9H,3-4,7-8,15H2,1-2H3,(H,16,17). The number of halogens is 1. The summed E-state index contributed by atoms with van der Waals surface area (Å²) in [4.78, 5) is 20.7. The van der Waals surface area contributed by atoms with E-state index in [1.54, 1.807) is 12.1 Å². The quantitative estimate of drug-likeness (QED) is 0.647. The molecule has 1 aliphatic rings. The van der Waals surface area contributed by atoms with Crippen molar-refractivity contribution >= 4 is 23.3 Å². The highest BCUT2D eigenvalue weighted by Crippen LogP contribution is 2.21. The summed E-state index contributed by atoms with van der Waals surface area (Å²) in [6.07, 6.45) is 2.09. The van der Waals surface area contributed by atoms with Crippen LogP contribution < -0.4 is 11.3 Å². The van der Waals surface area contributed by atoms with Gasteiger partial charge in [0.05, 0.1) is 5.02 Å². The summed E-state index contributed by atoms with van der Waals surface area (Å²) in [5, 5.41) is 0.348. The molecular formula is C13H20ClN5O. The molecule has 0 spiro atoms. The Hall–Kier alpha value is -1.37. The van der Waals surface area contributed by atoms with Crippen molar-refractivity contribution in [1.82, 2.24) is 14.8 Å². The molecular weight excluding hydrogens is 278 g/mol. The molecule has 2 heterocycles. The molecule has 1 unspecified atom stereocenters. The molecule has 0 radical (unpaired) electrons.